The Morgan fingerprint density at radius 1 is 1.36 bits per heavy atom. The molecule has 14 heavy (non-hydrogen) atoms. The molecule has 0 heterocycles. The average molecular weight is 217 g/mol. The van der Waals surface area contributed by atoms with Crippen molar-refractivity contribution in [2.45, 2.75) is 32.6 Å². The van der Waals surface area contributed by atoms with Crippen LogP contribution in [-0.4, -0.2) is 31.1 Å². The molecule has 0 aromatic rings. The van der Waals surface area contributed by atoms with Gasteiger partial charge in [-0.15, -0.1) is 0 Å². The molecule has 3 nitrogen and oxygen atoms in total. The SMILES string of the molecule is CCCN=C(N)NCCCCCSC. The van der Waals surface area contributed by atoms with Gasteiger partial charge in [-0.1, -0.05) is 13.3 Å². The van der Waals surface area contributed by atoms with Crippen molar-refractivity contribution >= 4 is 17.7 Å². The molecule has 0 saturated carbocycles. The van der Waals surface area contributed by atoms with Crippen molar-refractivity contribution in [1.82, 2.24) is 5.32 Å². The van der Waals surface area contributed by atoms with Crippen molar-refractivity contribution in [3.8, 4) is 0 Å². The minimum atomic E-state index is 0.594. The first-order valence-corrected chi connectivity index (χ1v) is 6.73. The van der Waals surface area contributed by atoms with Gasteiger partial charge in [-0.3, -0.25) is 4.99 Å². The van der Waals surface area contributed by atoms with Gasteiger partial charge in [-0.05, 0) is 31.3 Å². The van der Waals surface area contributed by atoms with E-state index in [1.165, 1.54) is 25.0 Å². The Balaban J connectivity index is 3.18. The van der Waals surface area contributed by atoms with E-state index in [2.05, 4.69) is 23.5 Å². The molecule has 4 heteroatoms. The lowest BCUT2D eigenvalue weighted by Crippen LogP contribution is -2.32. The second-order valence-electron chi connectivity index (χ2n) is 3.25. The number of hydrogen-bond donors (Lipinski definition) is 2. The van der Waals surface area contributed by atoms with E-state index < -0.39 is 0 Å². The molecule has 3 N–H and O–H groups in total. The van der Waals surface area contributed by atoms with Gasteiger partial charge < -0.3 is 11.1 Å². The number of guanidine groups is 1. The number of nitrogens with two attached hydrogens (primary N) is 1. The summed E-state index contributed by atoms with van der Waals surface area (Å²) in [7, 11) is 0. The number of aliphatic imine (C=N–C) groups is 1. The van der Waals surface area contributed by atoms with Crippen molar-refractivity contribution in [3.05, 3.63) is 0 Å². The van der Waals surface area contributed by atoms with E-state index in [4.69, 9.17) is 5.73 Å². The Morgan fingerprint density at radius 3 is 2.79 bits per heavy atom. The minimum absolute atomic E-state index is 0.594. The summed E-state index contributed by atoms with van der Waals surface area (Å²) in [5, 5.41) is 3.12. The Morgan fingerprint density at radius 2 is 2.14 bits per heavy atom. The predicted octanol–water partition coefficient (Wildman–Crippen LogP) is 1.83. The fourth-order valence-corrected chi connectivity index (χ4v) is 1.55. The van der Waals surface area contributed by atoms with E-state index in [0.29, 0.717) is 5.96 Å². The van der Waals surface area contributed by atoms with Gasteiger partial charge in [0, 0.05) is 13.1 Å². The van der Waals surface area contributed by atoms with Crippen LogP contribution in [0.3, 0.4) is 0 Å². The van der Waals surface area contributed by atoms with Crippen LogP contribution in [0.5, 0.6) is 0 Å². The molecular formula is C10H23N3S. The van der Waals surface area contributed by atoms with Crippen LogP contribution >= 0.6 is 11.8 Å². The number of hydrogen-bond acceptors (Lipinski definition) is 2. The van der Waals surface area contributed by atoms with E-state index in [0.717, 1.165) is 19.5 Å². The van der Waals surface area contributed by atoms with Crippen molar-refractivity contribution in [1.29, 1.82) is 0 Å². The largest absolute Gasteiger partial charge is 0.370 e. The summed E-state index contributed by atoms with van der Waals surface area (Å²) in [6, 6.07) is 0. The molecule has 0 aliphatic heterocycles. The second-order valence-corrected chi connectivity index (χ2v) is 4.23. The third kappa shape index (κ3) is 9.71. The lowest BCUT2D eigenvalue weighted by molar-refractivity contribution is 0.696. The molecule has 84 valence electrons. The quantitative estimate of drug-likeness (QED) is 0.370. The van der Waals surface area contributed by atoms with Crippen molar-refractivity contribution < 1.29 is 0 Å². The van der Waals surface area contributed by atoms with Crippen LogP contribution in [-0.2, 0) is 0 Å². The fourth-order valence-electron chi connectivity index (χ4n) is 1.05. The monoisotopic (exact) mass is 217 g/mol. The van der Waals surface area contributed by atoms with Crippen molar-refractivity contribution in [2.75, 3.05) is 25.1 Å². The molecule has 0 aliphatic rings. The molecule has 0 aromatic heterocycles. The second kappa shape index (κ2) is 10.7. The molecule has 0 aromatic carbocycles. The molecule has 0 saturated heterocycles. The molecule has 0 amide bonds. The highest BCUT2D eigenvalue weighted by atomic mass is 32.2. The Hall–Kier alpha value is -0.380. The van der Waals surface area contributed by atoms with E-state index >= 15 is 0 Å². The number of nitrogens with one attached hydrogen (secondary N) is 1. The zero-order valence-corrected chi connectivity index (χ0v) is 10.2. The first kappa shape index (κ1) is 13.6. The van der Waals surface area contributed by atoms with Gasteiger partial charge >= 0.3 is 0 Å². The molecule has 0 rings (SSSR count). The van der Waals surface area contributed by atoms with Crippen LogP contribution in [0.2, 0.25) is 0 Å². The molecule has 0 radical (unpaired) electrons. The summed E-state index contributed by atoms with van der Waals surface area (Å²) in [6.45, 7) is 3.87. The third-order valence-corrected chi connectivity index (χ3v) is 2.53. The molecule has 0 unspecified atom stereocenters. The van der Waals surface area contributed by atoms with Gasteiger partial charge in [0.2, 0.25) is 0 Å². The van der Waals surface area contributed by atoms with Crippen molar-refractivity contribution in [3.63, 3.8) is 0 Å². The van der Waals surface area contributed by atoms with E-state index in [9.17, 15) is 0 Å². The normalized spacial score (nSPS) is 11.7. The average Bonchev–Trinajstić information content (AvgIpc) is 2.20. The summed E-state index contributed by atoms with van der Waals surface area (Å²) >= 11 is 1.91. The topological polar surface area (TPSA) is 50.4 Å². The highest BCUT2D eigenvalue weighted by Gasteiger charge is 1.91. The van der Waals surface area contributed by atoms with Crippen LogP contribution in [0.25, 0.3) is 0 Å². The summed E-state index contributed by atoms with van der Waals surface area (Å²) in [6.07, 6.45) is 6.95. The van der Waals surface area contributed by atoms with Gasteiger partial charge in [0.1, 0.15) is 0 Å². The fraction of sp³-hybridized carbons (Fsp3) is 0.900. The Labute approximate surface area is 91.9 Å². The van der Waals surface area contributed by atoms with Crippen LogP contribution in [0.4, 0.5) is 0 Å². The molecule has 0 spiro atoms. The van der Waals surface area contributed by atoms with Gasteiger partial charge in [-0.25, -0.2) is 0 Å². The summed E-state index contributed by atoms with van der Waals surface area (Å²) < 4.78 is 0. The van der Waals surface area contributed by atoms with Crippen LogP contribution in [0.15, 0.2) is 4.99 Å². The minimum Gasteiger partial charge on any atom is -0.370 e. The van der Waals surface area contributed by atoms with E-state index in [1.807, 2.05) is 11.8 Å². The zero-order chi connectivity index (χ0) is 10.6. The zero-order valence-electron chi connectivity index (χ0n) is 9.38. The van der Waals surface area contributed by atoms with Gasteiger partial charge in [0.25, 0.3) is 0 Å². The maximum absolute atomic E-state index is 5.64. The number of nitrogens with zero attached hydrogens (tertiary/aromatic N) is 1. The maximum atomic E-state index is 5.64. The standard InChI is InChI=1S/C10H23N3S/c1-3-7-12-10(11)13-8-5-4-6-9-14-2/h3-9H2,1-2H3,(H3,11,12,13). The maximum Gasteiger partial charge on any atom is 0.188 e. The van der Waals surface area contributed by atoms with Crippen LogP contribution in [0.1, 0.15) is 32.6 Å². The van der Waals surface area contributed by atoms with Gasteiger partial charge in [0.15, 0.2) is 5.96 Å². The highest BCUT2D eigenvalue weighted by Crippen LogP contribution is 2.00. The molecule has 0 aliphatic carbocycles. The van der Waals surface area contributed by atoms with E-state index in [-0.39, 0.29) is 0 Å². The molecule has 0 bridgehead atoms. The lowest BCUT2D eigenvalue weighted by Gasteiger charge is -2.04. The first-order valence-electron chi connectivity index (χ1n) is 5.34. The van der Waals surface area contributed by atoms with Crippen molar-refractivity contribution in [2.24, 2.45) is 10.7 Å². The molecule has 0 fully saturated rings. The molecular weight excluding hydrogens is 194 g/mol. The lowest BCUT2D eigenvalue weighted by atomic mass is 10.2. The third-order valence-electron chi connectivity index (χ3n) is 1.84. The summed E-state index contributed by atoms with van der Waals surface area (Å²) in [4.78, 5) is 4.16. The number of rotatable bonds is 8. The smallest absolute Gasteiger partial charge is 0.188 e. The Bertz CT molecular complexity index is 148. The predicted molar refractivity (Wildman–Crippen MR) is 67.0 cm³/mol. The number of thioether (sulfide) groups is 1. The molecule has 0 atom stereocenters. The van der Waals surface area contributed by atoms with Crippen LogP contribution < -0.4 is 11.1 Å². The van der Waals surface area contributed by atoms with Gasteiger partial charge in [-0.2, -0.15) is 11.8 Å². The van der Waals surface area contributed by atoms with E-state index in [1.54, 1.807) is 0 Å². The first-order chi connectivity index (χ1) is 6.81. The van der Waals surface area contributed by atoms with Crippen LogP contribution in [0, 0.1) is 0 Å². The number of unbranched alkanes of at least 4 members (excludes halogenated alkanes) is 2. The summed E-state index contributed by atoms with van der Waals surface area (Å²) in [5.41, 5.74) is 5.64. The van der Waals surface area contributed by atoms with Gasteiger partial charge in [0.05, 0.1) is 0 Å². The Kier molecular flexibility index (Phi) is 10.4. The highest BCUT2D eigenvalue weighted by molar-refractivity contribution is 7.98. The summed E-state index contributed by atoms with van der Waals surface area (Å²) in [5.74, 6) is 1.86.